The SMILES string of the molecule is Cc1ccc(N(C)CC(=O)c2ccc(Cl)c(Cl)c2)c(C)c1. The first-order chi connectivity index (χ1) is 9.88. The summed E-state index contributed by atoms with van der Waals surface area (Å²) in [4.78, 5) is 14.3. The first-order valence-corrected chi connectivity index (χ1v) is 7.40. The van der Waals surface area contributed by atoms with E-state index in [9.17, 15) is 4.79 Å². The zero-order valence-electron chi connectivity index (χ0n) is 12.3. The molecule has 0 fully saturated rings. The van der Waals surface area contributed by atoms with Crippen molar-refractivity contribution in [3.63, 3.8) is 0 Å². The Bertz CT molecular complexity index is 682. The van der Waals surface area contributed by atoms with Crippen molar-refractivity contribution in [3.05, 3.63) is 63.1 Å². The molecule has 0 spiro atoms. The third-order valence-electron chi connectivity index (χ3n) is 3.39. The number of ketones is 1. The molecule has 0 saturated carbocycles. The van der Waals surface area contributed by atoms with Gasteiger partial charge in [0, 0.05) is 18.3 Å². The van der Waals surface area contributed by atoms with Crippen molar-refractivity contribution in [3.8, 4) is 0 Å². The van der Waals surface area contributed by atoms with Gasteiger partial charge in [-0.25, -0.2) is 0 Å². The average Bonchev–Trinajstić information content (AvgIpc) is 2.41. The highest BCUT2D eigenvalue weighted by Crippen LogP contribution is 2.24. The van der Waals surface area contributed by atoms with Gasteiger partial charge >= 0.3 is 0 Å². The van der Waals surface area contributed by atoms with Crippen LogP contribution in [0.15, 0.2) is 36.4 Å². The fraction of sp³-hybridized carbons (Fsp3) is 0.235. The lowest BCUT2D eigenvalue weighted by Gasteiger charge is -2.21. The first kappa shape index (κ1) is 15.9. The molecular weight excluding hydrogens is 305 g/mol. The molecule has 0 N–H and O–H groups in total. The molecule has 0 heterocycles. The van der Waals surface area contributed by atoms with E-state index in [0.29, 0.717) is 22.2 Å². The van der Waals surface area contributed by atoms with Crippen LogP contribution < -0.4 is 4.90 Å². The van der Waals surface area contributed by atoms with Crippen LogP contribution >= 0.6 is 23.2 Å². The molecule has 21 heavy (non-hydrogen) atoms. The monoisotopic (exact) mass is 321 g/mol. The summed E-state index contributed by atoms with van der Waals surface area (Å²) < 4.78 is 0. The van der Waals surface area contributed by atoms with E-state index >= 15 is 0 Å². The Morgan fingerprint density at radius 2 is 1.76 bits per heavy atom. The van der Waals surface area contributed by atoms with E-state index < -0.39 is 0 Å². The van der Waals surface area contributed by atoms with Crippen molar-refractivity contribution >= 4 is 34.7 Å². The fourth-order valence-corrected chi connectivity index (χ4v) is 2.59. The van der Waals surface area contributed by atoms with Crippen LogP contribution in [0, 0.1) is 13.8 Å². The highest BCUT2D eigenvalue weighted by Gasteiger charge is 2.13. The van der Waals surface area contributed by atoms with E-state index in [1.165, 1.54) is 5.56 Å². The number of benzene rings is 2. The Morgan fingerprint density at radius 1 is 1.05 bits per heavy atom. The molecule has 0 bridgehead atoms. The normalized spacial score (nSPS) is 10.5. The molecule has 2 aromatic rings. The molecule has 0 unspecified atom stereocenters. The summed E-state index contributed by atoms with van der Waals surface area (Å²) >= 11 is 11.8. The fourth-order valence-electron chi connectivity index (χ4n) is 2.30. The van der Waals surface area contributed by atoms with Crippen LogP contribution in [0.25, 0.3) is 0 Å². The Balaban J connectivity index is 2.16. The zero-order valence-corrected chi connectivity index (χ0v) is 13.8. The Kier molecular flexibility index (Phi) is 4.92. The maximum Gasteiger partial charge on any atom is 0.182 e. The van der Waals surface area contributed by atoms with Gasteiger partial charge in [-0.05, 0) is 43.7 Å². The summed E-state index contributed by atoms with van der Waals surface area (Å²) in [6.45, 7) is 4.39. The number of aryl methyl sites for hydroxylation is 2. The van der Waals surface area contributed by atoms with Crippen molar-refractivity contribution in [2.45, 2.75) is 13.8 Å². The molecule has 4 heteroatoms. The minimum absolute atomic E-state index is 0.0102. The second kappa shape index (κ2) is 6.50. The van der Waals surface area contributed by atoms with Crippen LogP contribution in [-0.4, -0.2) is 19.4 Å². The van der Waals surface area contributed by atoms with Crippen LogP contribution in [0.3, 0.4) is 0 Å². The maximum atomic E-state index is 12.3. The second-order valence-corrected chi connectivity index (χ2v) is 6.01. The van der Waals surface area contributed by atoms with Crippen LogP contribution in [0.4, 0.5) is 5.69 Å². The summed E-state index contributed by atoms with van der Waals surface area (Å²) in [5.74, 6) is 0.0102. The molecule has 2 rings (SSSR count). The number of carbonyl (C=O) groups is 1. The summed E-state index contributed by atoms with van der Waals surface area (Å²) in [6, 6.07) is 11.1. The van der Waals surface area contributed by atoms with Gasteiger partial charge in [0.2, 0.25) is 0 Å². The number of likely N-dealkylation sites (N-methyl/N-ethyl adjacent to an activating group) is 1. The smallest absolute Gasteiger partial charge is 0.182 e. The van der Waals surface area contributed by atoms with E-state index in [2.05, 4.69) is 13.0 Å². The van der Waals surface area contributed by atoms with Crippen molar-refractivity contribution in [1.82, 2.24) is 0 Å². The quantitative estimate of drug-likeness (QED) is 0.744. The molecule has 110 valence electrons. The van der Waals surface area contributed by atoms with Gasteiger partial charge in [-0.15, -0.1) is 0 Å². The molecule has 0 aliphatic heterocycles. The van der Waals surface area contributed by atoms with Gasteiger partial charge in [0.05, 0.1) is 16.6 Å². The van der Waals surface area contributed by atoms with Gasteiger partial charge in [-0.3, -0.25) is 4.79 Å². The number of anilines is 1. The predicted molar refractivity (Wildman–Crippen MR) is 90.0 cm³/mol. The predicted octanol–water partition coefficient (Wildman–Crippen LogP) is 4.93. The minimum atomic E-state index is 0.0102. The number of carbonyl (C=O) groups excluding carboxylic acids is 1. The van der Waals surface area contributed by atoms with Gasteiger partial charge in [0.15, 0.2) is 5.78 Å². The first-order valence-electron chi connectivity index (χ1n) is 6.65. The lowest BCUT2D eigenvalue weighted by Crippen LogP contribution is -2.26. The Hall–Kier alpha value is -1.51. The molecule has 0 aliphatic rings. The molecule has 2 nitrogen and oxygen atoms in total. The average molecular weight is 322 g/mol. The van der Waals surface area contributed by atoms with Crippen LogP contribution in [0.1, 0.15) is 21.5 Å². The number of hydrogen-bond donors (Lipinski definition) is 0. The maximum absolute atomic E-state index is 12.3. The van der Waals surface area contributed by atoms with E-state index in [-0.39, 0.29) is 5.78 Å². The number of halogens is 2. The van der Waals surface area contributed by atoms with Gasteiger partial charge in [0.1, 0.15) is 0 Å². The third kappa shape index (κ3) is 3.78. The van der Waals surface area contributed by atoms with Gasteiger partial charge in [-0.1, -0.05) is 40.9 Å². The summed E-state index contributed by atoms with van der Waals surface area (Å²) in [5.41, 5.74) is 3.98. The second-order valence-electron chi connectivity index (χ2n) is 5.20. The van der Waals surface area contributed by atoms with E-state index in [1.54, 1.807) is 18.2 Å². The highest BCUT2D eigenvalue weighted by molar-refractivity contribution is 6.42. The molecular formula is C17H17Cl2NO. The molecule has 0 saturated heterocycles. The summed E-state index contributed by atoms with van der Waals surface area (Å²) in [7, 11) is 1.91. The van der Waals surface area contributed by atoms with Crippen molar-refractivity contribution in [2.75, 3.05) is 18.5 Å². The highest BCUT2D eigenvalue weighted by atomic mass is 35.5. The molecule has 2 aromatic carbocycles. The third-order valence-corrected chi connectivity index (χ3v) is 4.12. The number of hydrogen-bond acceptors (Lipinski definition) is 2. The minimum Gasteiger partial charge on any atom is -0.367 e. The summed E-state index contributed by atoms with van der Waals surface area (Å²) in [6.07, 6.45) is 0. The standard InChI is InChI=1S/C17H17Cl2NO/c1-11-4-7-16(12(2)8-11)20(3)10-17(21)13-5-6-14(18)15(19)9-13/h4-9H,10H2,1-3H3. The zero-order chi connectivity index (χ0) is 15.6. The number of Topliss-reactive ketones (excluding diaryl/α,β-unsaturated/α-hetero) is 1. The molecule has 0 aromatic heterocycles. The summed E-state index contributed by atoms with van der Waals surface area (Å²) in [5, 5.41) is 0.854. The van der Waals surface area contributed by atoms with E-state index in [4.69, 9.17) is 23.2 Å². The van der Waals surface area contributed by atoms with Crippen LogP contribution in [-0.2, 0) is 0 Å². The van der Waals surface area contributed by atoms with E-state index in [1.807, 2.05) is 31.0 Å². The topological polar surface area (TPSA) is 20.3 Å². The van der Waals surface area contributed by atoms with E-state index in [0.717, 1.165) is 11.3 Å². The van der Waals surface area contributed by atoms with Gasteiger partial charge in [-0.2, -0.15) is 0 Å². The molecule has 0 atom stereocenters. The molecule has 0 amide bonds. The van der Waals surface area contributed by atoms with Crippen LogP contribution in [0.2, 0.25) is 10.0 Å². The van der Waals surface area contributed by atoms with Crippen molar-refractivity contribution in [2.24, 2.45) is 0 Å². The molecule has 0 aliphatic carbocycles. The van der Waals surface area contributed by atoms with Gasteiger partial charge < -0.3 is 4.90 Å². The van der Waals surface area contributed by atoms with Crippen molar-refractivity contribution < 1.29 is 4.79 Å². The Labute approximate surface area is 135 Å². The largest absolute Gasteiger partial charge is 0.367 e. The Morgan fingerprint density at radius 3 is 2.38 bits per heavy atom. The van der Waals surface area contributed by atoms with Crippen molar-refractivity contribution in [1.29, 1.82) is 0 Å². The lowest BCUT2D eigenvalue weighted by atomic mass is 10.1. The molecule has 0 radical (unpaired) electrons. The van der Waals surface area contributed by atoms with Crippen LogP contribution in [0.5, 0.6) is 0 Å². The number of rotatable bonds is 4. The number of nitrogens with zero attached hydrogens (tertiary/aromatic N) is 1. The van der Waals surface area contributed by atoms with Gasteiger partial charge in [0.25, 0.3) is 0 Å². The lowest BCUT2D eigenvalue weighted by molar-refractivity contribution is 0.100.